The quantitative estimate of drug-likeness (QED) is 0.0711. The lowest BCUT2D eigenvalue weighted by Crippen LogP contribution is -2.30. The van der Waals surface area contributed by atoms with Crippen molar-refractivity contribution in [2.45, 2.75) is 195 Å². The molecule has 4 heteroatoms. The third kappa shape index (κ3) is 15.6. The van der Waals surface area contributed by atoms with E-state index in [4.69, 9.17) is 0 Å². The first-order valence-electron chi connectivity index (χ1n) is 48.5. The molecule has 0 saturated heterocycles. The van der Waals surface area contributed by atoms with Crippen molar-refractivity contribution in [1.82, 2.24) is 0 Å². The number of para-hydroxylation sites is 1. The number of aryl methyl sites for hydroxylation is 12. The minimum Gasteiger partial charge on any atom is -0.311 e. The molecule has 130 heavy (non-hydrogen) atoms. The van der Waals surface area contributed by atoms with Crippen LogP contribution in [0, 0.1) is 13.8 Å². The standard InChI is InChI=1S/C48H42.C39H38N2.C37H36N2.C2H6/c1-5-29(2)32-16-21-40-41-22-17-35(27-45(41)47(3,4)44(40)26-32)36-18-23-42-39-8-6-7-9-43(39)48(46(42)28-36,37-19-14-30-10-12-33(30)24-37)38-20-15-31-11-13-34(31)25-38;1-4-28(3)29-11-17-35(18-12-29)40(34-15-5-27(2)6-16-34)36-21-23-37(24-22-36)41(38-19-13-30-7-9-32(30)25-38)39-20-14-31-8-10-33(31)26-39;1-4-28(3)29-14-19-34(20-15-29)38(33-17-10-27(2)11-18-33)35-22-24-36(25-23-35)39(32-8-6-5-7-9-32)37-21-16-30-12-13-31(30)26-37;1-2/h6-9,14-29H,5,10-13H2,1-4H3;5-6,11-26,28H,4,7-10H2,1-3H3;5-11,14-26,28H,4,12-13H2,1-3H3;1-2H3. The van der Waals surface area contributed by atoms with Gasteiger partial charge in [0.1, 0.15) is 0 Å². The smallest absolute Gasteiger partial charge is 0.0713 e. The minimum absolute atomic E-state index is 0.0430. The highest BCUT2D eigenvalue weighted by Crippen LogP contribution is 2.59. The van der Waals surface area contributed by atoms with Gasteiger partial charge in [-0.25, -0.2) is 0 Å². The number of nitrogens with zero attached hydrogens (tertiary/aromatic N) is 4. The lowest BCUT2D eigenvalue weighted by Gasteiger charge is -2.37. The van der Waals surface area contributed by atoms with E-state index >= 15 is 0 Å². The molecule has 0 N–H and O–H groups in total. The Kier molecular flexibility index (Phi) is 23.3. The van der Waals surface area contributed by atoms with Crippen LogP contribution in [-0.4, -0.2) is 0 Å². The van der Waals surface area contributed by atoms with Crippen LogP contribution < -0.4 is 19.6 Å². The van der Waals surface area contributed by atoms with Crippen LogP contribution in [0.3, 0.4) is 0 Å². The Bertz CT molecular complexity index is 6740. The van der Waals surface area contributed by atoms with Gasteiger partial charge < -0.3 is 19.6 Å². The Morgan fingerprint density at radius 2 is 0.500 bits per heavy atom. The molecule has 0 amide bonds. The summed E-state index contributed by atoms with van der Waals surface area (Å²) in [5.74, 6) is 1.70. The Morgan fingerprint density at radius 3 is 0.869 bits per heavy atom. The molecule has 0 bridgehead atoms. The molecule has 23 rings (SSSR count). The van der Waals surface area contributed by atoms with Gasteiger partial charge in [-0.2, -0.15) is 0 Å². The van der Waals surface area contributed by atoms with Crippen LogP contribution in [-0.2, 0) is 75.0 Å². The molecule has 7 aliphatic rings. The van der Waals surface area contributed by atoms with Crippen LogP contribution in [0.5, 0.6) is 0 Å². The minimum atomic E-state index is -0.351. The maximum Gasteiger partial charge on any atom is 0.0713 e. The molecule has 0 aromatic heterocycles. The third-order valence-corrected chi connectivity index (χ3v) is 30.2. The molecule has 3 atom stereocenters. The van der Waals surface area contributed by atoms with E-state index in [1.165, 1.54) is 260 Å². The summed E-state index contributed by atoms with van der Waals surface area (Å²) >= 11 is 0. The van der Waals surface area contributed by atoms with Crippen LogP contribution in [0.15, 0.2) is 346 Å². The predicted octanol–water partition coefficient (Wildman–Crippen LogP) is 34.0. The monoisotopic (exact) mass is 1690 g/mol. The fourth-order valence-electron chi connectivity index (χ4n) is 21.2. The van der Waals surface area contributed by atoms with Crippen molar-refractivity contribution >= 4 is 68.2 Å². The molecule has 16 aromatic carbocycles. The molecular formula is C126H122N4. The zero-order valence-electron chi connectivity index (χ0n) is 78.1. The predicted molar refractivity (Wildman–Crippen MR) is 552 cm³/mol. The van der Waals surface area contributed by atoms with E-state index in [1.54, 1.807) is 0 Å². The Morgan fingerprint density at radius 1 is 0.231 bits per heavy atom. The molecule has 16 aromatic rings. The van der Waals surface area contributed by atoms with Crippen molar-refractivity contribution in [2.24, 2.45) is 0 Å². The third-order valence-electron chi connectivity index (χ3n) is 30.2. The molecule has 646 valence electrons. The van der Waals surface area contributed by atoms with E-state index in [-0.39, 0.29) is 10.8 Å². The molecule has 0 spiro atoms. The van der Waals surface area contributed by atoms with Crippen molar-refractivity contribution in [3.63, 3.8) is 0 Å². The highest BCUT2D eigenvalue weighted by molar-refractivity contribution is 5.92. The maximum atomic E-state index is 2.55. The van der Waals surface area contributed by atoms with E-state index in [0.29, 0.717) is 17.8 Å². The van der Waals surface area contributed by atoms with Gasteiger partial charge >= 0.3 is 0 Å². The van der Waals surface area contributed by atoms with Crippen LogP contribution in [0.4, 0.5) is 68.2 Å². The molecule has 0 fully saturated rings. The van der Waals surface area contributed by atoms with Crippen LogP contribution in [0.25, 0.3) is 33.4 Å². The zero-order chi connectivity index (χ0) is 89.1. The van der Waals surface area contributed by atoms with Crippen molar-refractivity contribution in [3.05, 3.63) is 463 Å². The Balaban J connectivity index is 0.000000122. The van der Waals surface area contributed by atoms with Gasteiger partial charge in [0.2, 0.25) is 0 Å². The van der Waals surface area contributed by atoms with E-state index in [0.717, 1.165) is 42.0 Å². The molecular weight excluding hydrogens is 1570 g/mol. The fraction of sp³-hybridized carbons (Fsp3) is 0.238. The van der Waals surface area contributed by atoms with Gasteiger partial charge in [0.05, 0.1) is 5.41 Å². The number of anilines is 12. The largest absolute Gasteiger partial charge is 0.311 e. The van der Waals surface area contributed by atoms with E-state index < -0.39 is 0 Å². The Hall–Kier alpha value is -13.3. The highest BCUT2D eigenvalue weighted by atomic mass is 15.2. The van der Waals surface area contributed by atoms with E-state index in [9.17, 15) is 0 Å². The van der Waals surface area contributed by atoms with Gasteiger partial charge in [-0.3, -0.25) is 0 Å². The van der Waals surface area contributed by atoms with Gasteiger partial charge in [0, 0.05) is 73.7 Å². The number of rotatable bonds is 21. The topological polar surface area (TPSA) is 13.0 Å². The normalized spacial score (nSPS) is 14.6. The molecule has 3 unspecified atom stereocenters. The number of hydrogen-bond acceptors (Lipinski definition) is 4. The van der Waals surface area contributed by atoms with Gasteiger partial charge in [0.25, 0.3) is 0 Å². The molecule has 0 aliphatic heterocycles. The maximum absolute atomic E-state index is 2.55. The molecule has 7 aliphatic carbocycles. The second kappa shape index (κ2) is 35.6. The summed E-state index contributed by atoms with van der Waals surface area (Å²) in [4.78, 5) is 9.50. The van der Waals surface area contributed by atoms with Crippen LogP contribution in [0.1, 0.15) is 223 Å². The summed E-state index contributed by atoms with van der Waals surface area (Å²) in [6.07, 6.45) is 15.4. The SMILES string of the molecule is CC.CCC(C)c1ccc(N(c2ccc(C)cc2)c2ccc(N(c3ccc4c(c3)CC4)c3ccc4c(c3)CC4)cc2)cc1.CCC(C)c1ccc(N(c2ccc(C)cc2)c2ccc(N(c3ccccc3)c3ccc4c(c3)CC4)cc2)cc1.CCC(C)c1ccc2c(c1)C(C)(C)c1cc(-c3ccc4c(c3)C(c3ccc5c(c3)CC5)(c3ccc5c(c3)CC5)c3ccccc3-4)ccc1-2. The van der Waals surface area contributed by atoms with Crippen molar-refractivity contribution in [1.29, 1.82) is 0 Å². The lowest BCUT2D eigenvalue weighted by molar-refractivity contribution is 0.655. The molecule has 0 radical (unpaired) electrons. The number of benzene rings is 16. The second-order valence-electron chi connectivity index (χ2n) is 38.1. The summed E-state index contributed by atoms with van der Waals surface area (Å²) in [7, 11) is 0. The zero-order valence-corrected chi connectivity index (χ0v) is 78.1. The van der Waals surface area contributed by atoms with Gasteiger partial charge in [0.15, 0.2) is 0 Å². The molecule has 0 saturated carbocycles. The first-order chi connectivity index (χ1) is 63.5. The summed E-state index contributed by atoms with van der Waals surface area (Å²) in [6, 6.07) is 131. The van der Waals surface area contributed by atoms with Crippen LogP contribution >= 0.6 is 0 Å². The first-order valence-corrected chi connectivity index (χ1v) is 48.5. The van der Waals surface area contributed by atoms with Crippen molar-refractivity contribution < 1.29 is 0 Å². The van der Waals surface area contributed by atoms with E-state index in [2.05, 4.69) is 435 Å². The lowest BCUT2D eigenvalue weighted by atomic mass is 9.65. The average molecular weight is 1690 g/mol. The second-order valence-corrected chi connectivity index (χ2v) is 38.1. The summed E-state index contributed by atoms with van der Waals surface area (Å²) < 4.78 is 0. The summed E-state index contributed by atoms with van der Waals surface area (Å²) in [6.45, 7) is 26.9. The first kappa shape index (κ1) is 84.9. The van der Waals surface area contributed by atoms with Crippen molar-refractivity contribution in [3.8, 4) is 33.4 Å². The number of fused-ring (bicyclic) bond motifs is 11. The van der Waals surface area contributed by atoms with Gasteiger partial charge in [-0.05, 0) is 412 Å². The highest BCUT2D eigenvalue weighted by Gasteiger charge is 2.48. The van der Waals surface area contributed by atoms with Gasteiger partial charge in [-0.15, -0.1) is 0 Å². The molecule has 4 nitrogen and oxygen atoms in total. The van der Waals surface area contributed by atoms with Crippen molar-refractivity contribution in [2.75, 3.05) is 19.6 Å². The Labute approximate surface area is 773 Å². The summed E-state index contributed by atoms with van der Waals surface area (Å²) in [5.41, 5.74) is 52.2. The van der Waals surface area contributed by atoms with Gasteiger partial charge in [-0.1, -0.05) is 268 Å². The molecule has 0 heterocycles. The summed E-state index contributed by atoms with van der Waals surface area (Å²) in [5, 5.41) is 0. The van der Waals surface area contributed by atoms with Crippen LogP contribution in [0.2, 0.25) is 0 Å². The number of hydrogen-bond donors (Lipinski definition) is 0. The fourth-order valence-corrected chi connectivity index (χ4v) is 21.2. The van der Waals surface area contributed by atoms with E-state index in [1.807, 2.05) is 13.8 Å². The average Bonchev–Trinajstić information content (AvgIpc) is 1.51.